The lowest BCUT2D eigenvalue weighted by Gasteiger charge is -2.27. The number of aromatic nitrogens is 4. The molecule has 0 saturated heterocycles. The van der Waals surface area contributed by atoms with E-state index in [4.69, 9.17) is 17.3 Å². The molecule has 1 atom stereocenters. The number of hydrogen-bond donors (Lipinski definition) is 1. The molecular weight excluding hydrogens is 274 g/mol. The summed E-state index contributed by atoms with van der Waals surface area (Å²) in [6.45, 7) is 9.56. The number of anilines is 1. The van der Waals surface area contributed by atoms with Gasteiger partial charge in [-0.25, -0.2) is 4.68 Å². The molecule has 0 saturated carbocycles. The molecule has 0 aliphatic carbocycles. The number of nitrogens with two attached hydrogens (primary N) is 1. The minimum atomic E-state index is 0.189. The highest BCUT2D eigenvalue weighted by Crippen LogP contribution is 2.30. The van der Waals surface area contributed by atoms with Gasteiger partial charge in [0.2, 0.25) is 0 Å². The first kappa shape index (κ1) is 14.8. The van der Waals surface area contributed by atoms with Gasteiger partial charge in [-0.3, -0.25) is 0 Å². The normalized spacial score (nSPS) is 13.4. The maximum absolute atomic E-state index is 6.00. The van der Waals surface area contributed by atoms with E-state index in [9.17, 15) is 0 Å². The fourth-order valence-electron chi connectivity index (χ4n) is 1.79. The molecule has 20 heavy (non-hydrogen) atoms. The highest BCUT2D eigenvalue weighted by molar-refractivity contribution is 6.31. The van der Waals surface area contributed by atoms with Crippen LogP contribution in [0.2, 0.25) is 5.02 Å². The smallest absolute Gasteiger partial charge is 0.184 e. The van der Waals surface area contributed by atoms with Crippen LogP contribution in [0.15, 0.2) is 18.2 Å². The van der Waals surface area contributed by atoms with E-state index in [-0.39, 0.29) is 5.41 Å². The summed E-state index contributed by atoms with van der Waals surface area (Å²) in [6.07, 6.45) is 0. The van der Waals surface area contributed by atoms with E-state index >= 15 is 0 Å². The lowest BCUT2D eigenvalue weighted by Crippen LogP contribution is -2.23. The third-order valence-electron chi connectivity index (χ3n) is 3.71. The average molecular weight is 294 g/mol. The highest BCUT2D eigenvalue weighted by atomic mass is 35.5. The predicted molar refractivity (Wildman–Crippen MR) is 81.3 cm³/mol. The molecule has 1 unspecified atom stereocenters. The van der Waals surface area contributed by atoms with Crippen LogP contribution in [-0.2, 0) is 6.54 Å². The maximum atomic E-state index is 6.00. The number of benzene rings is 1. The Kier molecular flexibility index (Phi) is 3.99. The van der Waals surface area contributed by atoms with Gasteiger partial charge in [0.1, 0.15) is 0 Å². The molecule has 0 fully saturated rings. The van der Waals surface area contributed by atoms with Crippen LogP contribution in [0.3, 0.4) is 0 Å². The van der Waals surface area contributed by atoms with Crippen LogP contribution in [0.1, 0.15) is 27.7 Å². The van der Waals surface area contributed by atoms with Crippen LogP contribution in [0.25, 0.3) is 11.4 Å². The van der Waals surface area contributed by atoms with Gasteiger partial charge in [-0.05, 0) is 40.0 Å². The highest BCUT2D eigenvalue weighted by Gasteiger charge is 2.23. The molecule has 1 aromatic heterocycles. The van der Waals surface area contributed by atoms with E-state index in [0.29, 0.717) is 22.5 Å². The largest absolute Gasteiger partial charge is 0.398 e. The van der Waals surface area contributed by atoms with E-state index in [1.165, 1.54) is 0 Å². The summed E-state index contributed by atoms with van der Waals surface area (Å²) in [5, 5.41) is 12.5. The summed E-state index contributed by atoms with van der Waals surface area (Å²) in [4.78, 5) is 0. The zero-order valence-electron chi connectivity index (χ0n) is 12.3. The topological polar surface area (TPSA) is 69.6 Å². The molecule has 0 radical (unpaired) electrons. The number of nitrogens with zero attached hydrogens (tertiary/aromatic N) is 4. The molecule has 0 bridgehead atoms. The van der Waals surface area contributed by atoms with Crippen LogP contribution in [0.5, 0.6) is 0 Å². The summed E-state index contributed by atoms with van der Waals surface area (Å²) < 4.78 is 1.80. The third-order valence-corrected chi connectivity index (χ3v) is 3.95. The van der Waals surface area contributed by atoms with Gasteiger partial charge in [-0.2, -0.15) is 0 Å². The summed E-state index contributed by atoms with van der Waals surface area (Å²) in [6, 6.07) is 5.35. The zero-order valence-corrected chi connectivity index (χ0v) is 13.0. The molecule has 0 aliphatic heterocycles. The van der Waals surface area contributed by atoms with Crippen molar-refractivity contribution in [3.63, 3.8) is 0 Å². The van der Waals surface area contributed by atoms with E-state index in [2.05, 4.69) is 43.2 Å². The van der Waals surface area contributed by atoms with Crippen molar-refractivity contribution in [3.05, 3.63) is 23.2 Å². The van der Waals surface area contributed by atoms with Gasteiger partial charge in [0, 0.05) is 22.8 Å². The van der Waals surface area contributed by atoms with Crippen LogP contribution in [0.4, 0.5) is 5.69 Å². The Labute approximate surface area is 124 Å². The standard InChI is InChI=1S/C14H20ClN5/c1-9(14(2,3)4)8-20-13(17-18-19-20)11-6-5-10(15)7-12(11)16/h5-7,9H,8,16H2,1-4H3. The first-order valence-corrected chi connectivity index (χ1v) is 6.98. The molecule has 2 N–H and O–H groups in total. The second-order valence-corrected chi connectivity index (χ2v) is 6.62. The summed E-state index contributed by atoms with van der Waals surface area (Å²) in [5.41, 5.74) is 7.58. The van der Waals surface area contributed by atoms with E-state index in [1.54, 1.807) is 16.8 Å². The summed E-state index contributed by atoms with van der Waals surface area (Å²) >= 11 is 5.92. The number of nitrogen functional groups attached to an aromatic ring is 1. The summed E-state index contributed by atoms with van der Waals surface area (Å²) in [5.74, 6) is 1.11. The monoisotopic (exact) mass is 293 g/mol. The Balaban J connectivity index is 2.33. The SMILES string of the molecule is CC(Cn1nnnc1-c1ccc(Cl)cc1N)C(C)(C)C. The van der Waals surface area contributed by atoms with E-state index in [1.807, 2.05) is 6.07 Å². The Morgan fingerprint density at radius 2 is 2.05 bits per heavy atom. The van der Waals surface area contributed by atoms with E-state index < -0.39 is 0 Å². The lowest BCUT2D eigenvalue weighted by atomic mass is 9.82. The lowest BCUT2D eigenvalue weighted by molar-refractivity contribution is 0.225. The number of hydrogen-bond acceptors (Lipinski definition) is 4. The first-order valence-electron chi connectivity index (χ1n) is 6.60. The Morgan fingerprint density at radius 1 is 1.35 bits per heavy atom. The van der Waals surface area contributed by atoms with Gasteiger partial charge in [-0.15, -0.1) is 5.10 Å². The van der Waals surface area contributed by atoms with Crippen LogP contribution in [-0.4, -0.2) is 20.2 Å². The van der Waals surface area contributed by atoms with Crippen molar-refractivity contribution in [2.24, 2.45) is 11.3 Å². The molecule has 0 spiro atoms. The fourth-order valence-corrected chi connectivity index (χ4v) is 1.97. The molecule has 2 aromatic rings. The Hall–Kier alpha value is -1.62. The molecule has 1 aromatic carbocycles. The average Bonchev–Trinajstić information content (AvgIpc) is 2.76. The second kappa shape index (κ2) is 5.40. The van der Waals surface area contributed by atoms with Crippen molar-refractivity contribution in [2.75, 3.05) is 5.73 Å². The predicted octanol–water partition coefficient (Wildman–Crippen LogP) is 3.26. The zero-order chi connectivity index (χ0) is 14.9. The quantitative estimate of drug-likeness (QED) is 0.882. The minimum absolute atomic E-state index is 0.189. The van der Waals surface area contributed by atoms with Crippen molar-refractivity contribution >= 4 is 17.3 Å². The van der Waals surface area contributed by atoms with Crippen molar-refractivity contribution < 1.29 is 0 Å². The third kappa shape index (κ3) is 3.10. The Bertz CT molecular complexity index is 600. The summed E-state index contributed by atoms with van der Waals surface area (Å²) in [7, 11) is 0. The fraction of sp³-hybridized carbons (Fsp3) is 0.500. The molecule has 2 rings (SSSR count). The second-order valence-electron chi connectivity index (χ2n) is 6.18. The molecule has 6 heteroatoms. The Morgan fingerprint density at radius 3 is 2.65 bits per heavy atom. The van der Waals surface area contributed by atoms with Gasteiger partial charge in [0.25, 0.3) is 0 Å². The van der Waals surface area contributed by atoms with Gasteiger partial charge < -0.3 is 5.73 Å². The number of rotatable bonds is 3. The van der Waals surface area contributed by atoms with Crippen molar-refractivity contribution in [3.8, 4) is 11.4 Å². The van der Waals surface area contributed by atoms with Crippen LogP contribution in [0, 0.1) is 11.3 Å². The van der Waals surface area contributed by atoms with Gasteiger partial charge in [0.05, 0.1) is 0 Å². The molecule has 108 valence electrons. The first-order chi connectivity index (χ1) is 9.29. The van der Waals surface area contributed by atoms with Crippen molar-refractivity contribution in [1.29, 1.82) is 0 Å². The maximum Gasteiger partial charge on any atom is 0.184 e. The molecule has 0 amide bonds. The van der Waals surface area contributed by atoms with Gasteiger partial charge in [-0.1, -0.05) is 39.3 Å². The number of halogens is 1. The van der Waals surface area contributed by atoms with Crippen molar-refractivity contribution in [2.45, 2.75) is 34.2 Å². The van der Waals surface area contributed by atoms with Gasteiger partial charge in [0.15, 0.2) is 5.82 Å². The van der Waals surface area contributed by atoms with Crippen molar-refractivity contribution in [1.82, 2.24) is 20.2 Å². The van der Waals surface area contributed by atoms with Crippen LogP contribution < -0.4 is 5.73 Å². The molecule has 0 aliphatic rings. The molecular formula is C14H20ClN5. The molecule has 5 nitrogen and oxygen atoms in total. The van der Waals surface area contributed by atoms with Crippen LogP contribution >= 0.6 is 11.6 Å². The molecule has 1 heterocycles. The minimum Gasteiger partial charge on any atom is -0.398 e. The number of tetrazole rings is 1. The van der Waals surface area contributed by atoms with Gasteiger partial charge >= 0.3 is 0 Å². The van der Waals surface area contributed by atoms with E-state index in [0.717, 1.165) is 12.1 Å².